The Morgan fingerprint density at radius 2 is 1.95 bits per heavy atom. The van der Waals surface area contributed by atoms with Crippen molar-refractivity contribution in [2.24, 2.45) is 0 Å². The summed E-state index contributed by atoms with van der Waals surface area (Å²) in [6, 6.07) is 9.45. The predicted molar refractivity (Wildman–Crippen MR) is 77.8 cm³/mol. The lowest BCUT2D eigenvalue weighted by molar-refractivity contribution is -0.130. The van der Waals surface area contributed by atoms with Gasteiger partial charge >= 0.3 is 0 Å². The molecule has 1 aromatic carbocycles. The maximum Gasteiger partial charge on any atom is 0.228 e. The number of fused-ring (bicyclic) bond motifs is 1. The van der Waals surface area contributed by atoms with E-state index in [9.17, 15) is 4.79 Å². The van der Waals surface area contributed by atoms with Crippen LogP contribution in [0.5, 0.6) is 0 Å². The van der Waals surface area contributed by atoms with Crippen molar-refractivity contribution in [2.45, 2.75) is 20.3 Å². The molecule has 4 nitrogen and oxygen atoms in total. The lowest BCUT2D eigenvalue weighted by Gasteiger charge is -2.18. The Kier molecular flexibility index (Phi) is 4.00. The fourth-order valence-corrected chi connectivity index (χ4v) is 2.13. The summed E-state index contributed by atoms with van der Waals surface area (Å²) in [5.41, 5.74) is 8.13. The Labute approximate surface area is 113 Å². The smallest absolute Gasteiger partial charge is 0.228 e. The van der Waals surface area contributed by atoms with Crippen molar-refractivity contribution in [3.63, 3.8) is 0 Å². The molecular formula is C15H19N3O. The number of amides is 1. The van der Waals surface area contributed by atoms with Crippen LogP contribution in [0.4, 0.5) is 5.69 Å². The van der Waals surface area contributed by atoms with Crippen LogP contribution in [0.2, 0.25) is 0 Å². The lowest BCUT2D eigenvalue weighted by Crippen LogP contribution is -2.31. The summed E-state index contributed by atoms with van der Waals surface area (Å²) in [6.07, 6.45) is 0.349. The normalized spacial score (nSPS) is 10.6. The first-order chi connectivity index (χ1) is 9.13. The summed E-state index contributed by atoms with van der Waals surface area (Å²) in [7, 11) is 0. The van der Waals surface area contributed by atoms with Gasteiger partial charge in [0, 0.05) is 24.2 Å². The van der Waals surface area contributed by atoms with Gasteiger partial charge in [-0.1, -0.05) is 6.07 Å². The molecule has 0 atom stereocenters. The number of rotatable bonds is 4. The molecule has 0 bridgehead atoms. The summed E-state index contributed by atoms with van der Waals surface area (Å²) < 4.78 is 0. The molecule has 0 unspecified atom stereocenters. The molecule has 2 rings (SSSR count). The van der Waals surface area contributed by atoms with Gasteiger partial charge < -0.3 is 10.6 Å². The van der Waals surface area contributed by atoms with E-state index in [0.717, 1.165) is 35.4 Å². The molecule has 4 heteroatoms. The molecule has 0 radical (unpaired) electrons. The van der Waals surface area contributed by atoms with Crippen LogP contribution in [0.15, 0.2) is 30.3 Å². The highest BCUT2D eigenvalue weighted by Crippen LogP contribution is 2.16. The number of nitrogens with zero attached hydrogens (tertiary/aromatic N) is 2. The number of nitrogen functional groups attached to an aromatic ring is 1. The molecule has 0 saturated carbocycles. The standard InChI is InChI=1S/C15H19N3O/c1-3-18(4-2)15(19)10-13-7-5-11-9-12(16)6-8-14(11)17-13/h5-9H,3-4,10,16H2,1-2H3. The minimum absolute atomic E-state index is 0.118. The van der Waals surface area contributed by atoms with Crippen molar-refractivity contribution in [1.29, 1.82) is 0 Å². The Morgan fingerprint density at radius 3 is 2.63 bits per heavy atom. The van der Waals surface area contributed by atoms with Gasteiger partial charge in [0.05, 0.1) is 17.6 Å². The summed E-state index contributed by atoms with van der Waals surface area (Å²) in [5, 5.41) is 0.999. The number of hydrogen-bond acceptors (Lipinski definition) is 3. The maximum absolute atomic E-state index is 12.0. The fraction of sp³-hybridized carbons (Fsp3) is 0.333. The number of hydrogen-bond donors (Lipinski definition) is 1. The SMILES string of the molecule is CCN(CC)C(=O)Cc1ccc2cc(N)ccc2n1. The monoisotopic (exact) mass is 257 g/mol. The molecule has 0 saturated heterocycles. The quantitative estimate of drug-likeness (QED) is 0.854. The highest BCUT2D eigenvalue weighted by Gasteiger charge is 2.11. The Balaban J connectivity index is 2.22. The second kappa shape index (κ2) is 5.69. The molecule has 2 N–H and O–H groups in total. The second-order valence-corrected chi connectivity index (χ2v) is 4.50. The number of aromatic nitrogens is 1. The third kappa shape index (κ3) is 3.02. The van der Waals surface area contributed by atoms with Crippen LogP contribution in [-0.4, -0.2) is 28.9 Å². The molecule has 0 spiro atoms. The van der Waals surface area contributed by atoms with E-state index in [1.807, 2.05) is 49.1 Å². The van der Waals surface area contributed by atoms with Crippen LogP contribution >= 0.6 is 0 Å². The molecule has 0 aliphatic rings. The lowest BCUT2D eigenvalue weighted by atomic mass is 10.1. The predicted octanol–water partition coefficient (Wildman–Crippen LogP) is 2.23. The molecule has 1 amide bonds. The largest absolute Gasteiger partial charge is 0.399 e. The van der Waals surface area contributed by atoms with Crippen LogP contribution in [-0.2, 0) is 11.2 Å². The number of carbonyl (C=O) groups excluding carboxylic acids is 1. The second-order valence-electron chi connectivity index (χ2n) is 4.50. The van der Waals surface area contributed by atoms with E-state index >= 15 is 0 Å². The van der Waals surface area contributed by atoms with E-state index in [-0.39, 0.29) is 5.91 Å². The fourth-order valence-electron chi connectivity index (χ4n) is 2.13. The molecule has 1 aromatic heterocycles. The zero-order valence-corrected chi connectivity index (χ0v) is 11.4. The van der Waals surface area contributed by atoms with E-state index in [1.165, 1.54) is 0 Å². The van der Waals surface area contributed by atoms with E-state index in [2.05, 4.69) is 4.98 Å². The van der Waals surface area contributed by atoms with Crippen molar-refractivity contribution in [1.82, 2.24) is 9.88 Å². The minimum atomic E-state index is 0.118. The molecular weight excluding hydrogens is 238 g/mol. The zero-order chi connectivity index (χ0) is 13.8. The number of likely N-dealkylation sites (N-methyl/N-ethyl adjacent to an activating group) is 1. The Hall–Kier alpha value is -2.10. The van der Waals surface area contributed by atoms with Crippen LogP contribution in [0.1, 0.15) is 19.5 Å². The highest BCUT2D eigenvalue weighted by molar-refractivity contribution is 5.83. The molecule has 100 valence electrons. The van der Waals surface area contributed by atoms with Gasteiger partial charge in [-0.2, -0.15) is 0 Å². The van der Waals surface area contributed by atoms with Crippen LogP contribution < -0.4 is 5.73 Å². The van der Waals surface area contributed by atoms with E-state index in [1.54, 1.807) is 0 Å². The van der Waals surface area contributed by atoms with Crippen molar-refractivity contribution in [2.75, 3.05) is 18.8 Å². The Bertz CT molecular complexity index is 591. The zero-order valence-electron chi connectivity index (χ0n) is 11.4. The number of nitrogens with two attached hydrogens (primary N) is 1. The summed E-state index contributed by atoms with van der Waals surface area (Å²) in [4.78, 5) is 18.3. The van der Waals surface area contributed by atoms with E-state index in [0.29, 0.717) is 6.42 Å². The van der Waals surface area contributed by atoms with Crippen LogP contribution in [0.3, 0.4) is 0 Å². The van der Waals surface area contributed by atoms with E-state index < -0.39 is 0 Å². The van der Waals surface area contributed by atoms with E-state index in [4.69, 9.17) is 5.73 Å². The van der Waals surface area contributed by atoms with Gasteiger partial charge in [-0.05, 0) is 38.1 Å². The molecule has 0 fully saturated rings. The van der Waals surface area contributed by atoms with Crippen LogP contribution in [0, 0.1) is 0 Å². The number of anilines is 1. The van der Waals surface area contributed by atoms with Crippen molar-refractivity contribution in [3.8, 4) is 0 Å². The first-order valence-electron chi connectivity index (χ1n) is 6.57. The van der Waals surface area contributed by atoms with Gasteiger partial charge in [0.15, 0.2) is 0 Å². The van der Waals surface area contributed by atoms with Crippen molar-refractivity contribution < 1.29 is 4.79 Å². The average Bonchev–Trinajstić information content (AvgIpc) is 2.40. The topological polar surface area (TPSA) is 59.2 Å². The molecule has 0 aliphatic carbocycles. The van der Waals surface area contributed by atoms with Gasteiger partial charge in [-0.3, -0.25) is 9.78 Å². The van der Waals surface area contributed by atoms with Gasteiger partial charge in [0.2, 0.25) is 5.91 Å². The Morgan fingerprint density at radius 1 is 1.21 bits per heavy atom. The third-order valence-corrected chi connectivity index (χ3v) is 3.22. The number of carbonyl (C=O) groups is 1. The number of benzene rings is 1. The highest BCUT2D eigenvalue weighted by atomic mass is 16.2. The summed E-state index contributed by atoms with van der Waals surface area (Å²) in [5.74, 6) is 0.118. The van der Waals surface area contributed by atoms with Gasteiger partial charge in [-0.15, -0.1) is 0 Å². The first-order valence-corrected chi connectivity index (χ1v) is 6.57. The molecule has 2 aromatic rings. The number of pyridine rings is 1. The summed E-state index contributed by atoms with van der Waals surface area (Å²) >= 11 is 0. The minimum Gasteiger partial charge on any atom is -0.399 e. The molecule has 19 heavy (non-hydrogen) atoms. The molecule has 1 heterocycles. The maximum atomic E-state index is 12.0. The first kappa shape index (κ1) is 13.3. The van der Waals surface area contributed by atoms with Gasteiger partial charge in [0.25, 0.3) is 0 Å². The third-order valence-electron chi connectivity index (χ3n) is 3.22. The van der Waals surface area contributed by atoms with Crippen molar-refractivity contribution in [3.05, 3.63) is 36.0 Å². The van der Waals surface area contributed by atoms with Gasteiger partial charge in [-0.25, -0.2) is 0 Å². The molecule has 0 aliphatic heterocycles. The average molecular weight is 257 g/mol. The van der Waals surface area contributed by atoms with Crippen molar-refractivity contribution >= 4 is 22.5 Å². The van der Waals surface area contributed by atoms with Crippen LogP contribution in [0.25, 0.3) is 10.9 Å². The summed E-state index contributed by atoms with van der Waals surface area (Å²) in [6.45, 7) is 5.44. The van der Waals surface area contributed by atoms with Gasteiger partial charge in [0.1, 0.15) is 0 Å².